The van der Waals surface area contributed by atoms with Crippen LogP contribution >= 0.6 is 0 Å². The third-order valence-corrected chi connectivity index (χ3v) is 27.5. The molecule has 6 aromatic heterocycles. The number of aromatic nitrogens is 6. The normalized spacial score (nSPS) is 11.7. The zero-order valence-corrected chi connectivity index (χ0v) is 73.2. The highest BCUT2D eigenvalue weighted by Gasteiger charge is 2.26. The van der Waals surface area contributed by atoms with E-state index in [4.69, 9.17) is 0 Å². The van der Waals surface area contributed by atoms with Gasteiger partial charge >= 0.3 is 0 Å². The first-order valence-electron chi connectivity index (χ1n) is 46.1. The smallest absolute Gasteiger partial charge is 0.0641 e. The van der Waals surface area contributed by atoms with Crippen LogP contribution in [0.3, 0.4) is 0 Å². The molecule has 134 heavy (non-hydrogen) atoms. The van der Waals surface area contributed by atoms with E-state index in [9.17, 15) is 0 Å². The molecule has 0 spiro atoms. The summed E-state index contributed by atoms with van der Waals surface area (Å²) in [4.78, 5) is 0. The van der Waals surface area contributed by atoms with Crippen LogP contribution in [0.4, 0.5) is 0 Å². The molecule has 6 heteroatoms. The minimum atomic E-state index is 1.15. The SMILES string of the molecule is c1ccc(-c2ccc(-n3c4ccccc4c4c3ccc3c5ccccc5n(-c5ccc(-c6ccccc6)cc5)c34)cc2)cc1.c1ccc(-c2cccc(-n3c4ccccc4c4cc5c(cc43)c3ccccc3n5-c3cc(-c4ccccc4)cc(-c4ccccc4)c3)c2)cc1.c1ccc2cc(-n3c4ccccc4c4c3ccc3c5ccccc5n(-c5ccc6ccccc6c5)c34)ccc2c1. The maximum absolute atomic E-state index is 2.47. The van der Waals surface area contributed by atoms with Gasteiger partial charge in [-0.25, -0.2) is 0 Å². The van der Waals surface area contributed by atoms with E-state index in [0.29, 0.717) is 0 Å². The Balaban J connectivity index is 0.000000105. The van der Waals surface area contributed by atoms with Crippen LogP contribution in [0.5, 0.6) is 0 Å². The second-order valence-electron chi connectivity index (χ2n) is 35.0. The summed E-state index contributed by atoms with van der Waals surface area (Å²) in [6, 6.07) is 185. The molecule has 0 aliphatic rings. The summed E-state index contributed by atoms with van der Waals surface area (Å²) in [5, 5.41) is 20.1. The van der Waals surface area contributed by atoms with Crippen LogP contribution in [-0.2, 0) is 0 Å². The van der Waals surface area contributed by atoms with Gasteiger partial charge in [-0.2, -0.15) is 0 Å². The minimum absolute atomic E-state index is 1.15. The summed E-state index contributed by atoms with van der Waals surface area (Å²) >= 11 is 0. The zero-order valence-electron chi connectivity index (χ0n) is 73.2. The molecule has 0 atom stereocenters. The highest BCUT2D eigenvalue weighted by atomic mass is 15.0. The minimum Gasteiger partial charge on any atom is -0.309 e. The van der Waals surface area contributed by atoms with Crippen molar-refractivity contribution in [1.82, 2.24) is 27.4 Å². The second-order valence-corrected chi connectivity index (χ2v) is 35.0. The van der Waals surface area contributed by atoms with E-state index in [2.05, 4.69) is 537 Å². The van der Waals surface area contributed by atoms with Gasteiger partial charge in [0.1, 0.15) is 0 Å². The number of hydrogen-bond acceptors (Lipinski definition) is 0. The molecule has 0 N–H and O–H groups in total. The molecule has 0 bridgehead atoms. The van der Waals surface area contributed by atoms with E-state index in [1.807, 2.05) is 0 Å². The standard InChI is InChI=1S/C48H32N2.C42H28N2.C38H24N2/c1-4-15-33(16-5-1)36-21-14-22-39(28-36)49-45-25-12-10-23-41(45)43-32-48-44(31-47(43)49)42-24-11-13-26-46(42)50(48)40-29-37(34-17-6-2-7-18-34)27-38(30-40)35-19-8-3-9-20-35;1-3-11-29(12-4-1)31-19-23-33(24-20-31)43-39-18-10-8-16-37(39)41-40(43)28-27-36-35-15-7-9-17-38(35)44(42(36)41)34-25-21-32(22-26-34)30-13-5-2-6-14-30;1-3-11-27-23-29(19-17-25(27)9-1)39-35-16-8-6-14-33(35)37-36(39)22-21-32-31-13-5-7-15-34(31)40(38(32)37)30-20-18-26-10-2-4-12-28(26)24-30/h1-32H;1-28H;1-24H. The number of benzene rings is 22. The molecular weight excluding hydrogens is 1620 g/mol. The van der Waals surface area contributed by atoms with E-state index < -0.39 is 0 Å². The number of rotatable bonds is 11. The predicted octanol–water partition coefficient (Wildman–Crippen LogP) is 34.3. The molecule has 6 heterocycles. The van der Waals surface area contributed by atoms with Crippen LogP contribution in [0.1, 0.15) is 0 Å². The van der Waals surface area contributed by atoms with Gasteiger partial charge in [-0.15, -0.1) is 0 Å². The van der Waals surface area contributed by atoms with Gasteiger partial charge in [0.15, 0.2) is 0 Å². The van der Waals surface area contributed by atoms with Crippen molar-refractivity contribution in [2.75, 3.05) is 0 Å². The fourth-order valence-corrected chi connectivity index (χ4v) is 21.4. The third kappa shape index (κ3) is 12.9. The highest BCUT2D eigenvalue weighted by Crippen LogP contribution is 2.48. The molecule has 0 amide bonds. The van der Waals surface area contributed by atoms with Crippen molar-refractivity contribution in [3.63, 3.8) is 0 Å². The monoisotopic (exact) mass is 1700 g/mol. The van der Waals surface area contributed by atoms with Crippen LogP contribution in [0, 0.1) is 0 Å². The van der Waals surface area contributed by atoms with Gasteiger partial charge in [0.25, 0.3) is 0 Å². The lowest BCUT2D eigenvalue weighted by molar-refractivity contribution is 1.17. The highest BCUT2D eigenvalue weighted by molar-refractivity contribution is 6.28. The van der Waals surface area contributed by atoms with Crippen molar-refractivity contribution < 1.29 is 0 Å². The Morgan fingerprint density at radius 1 is 0.104 bits per heavy atom. The summed E-state index contributed by atoms with van der Waals surface area (Å²) < 4.78 is 14.7. The lowest BCUT2D eigenvalue weighted by atomic mass is 9.98. The van der Waals surface area contributed by atoms with E-state index in [1.165, 1.54) is 219 Å². The maximum atomic E-state index is 2.47. The zero-order chi connectivity index (χ0) is 88.3. The van der Waals surface area contributed by atoms with Gasteiger partial charge in [-0.3, -0.25) is 0 Å². The molecule has 0 aliphatic carbocycles. The van der Waals surface area contributed by atoms with Crippen molar-refractivity contribution in [1.29, 1.82) is 0 Å². The quantitative estimate of drug-likeness (QED) is 0.124. The van der Waals surface area contributed by atoms with E-state index in [-0.39, 0.29) is 0 Å². The number of hydrogen-bond donors (Lipinski definition) is 0. The molecule has 6 nitrogen and oxygen atoms in total. The Morgan fingerprint density at radius 3 is 0.799 bits per heavy atom. The molecule has 626 valence electrons. The molecule has 0 saturated carbocycles. The van der Waals surface area contributed by atoms with Gasteiger partial charge < -0.3 is 27.4 Å². The molecule has 0 fully saturated rings. The van der Waals surface area contributed by atoms with Crippen molar-refractivity contribution in [2.45, 2.75) is 0 Å². The van der Waals surface area contributed by atoms with Crippen molar-refractivity contribution in [2.24, 2.45) is 0 Å². The first-order chi connectivity index (χ1) is 66.5. The van der Waals surface area contributed by atoms with Crippen LogP contribution in [-0.4, -0.2) is 27.4 Å². The fourth-order valence-electron chi connectivity index (χ4n) is 21.4. The van der Waals surface area contributed by atoms with Crippen molar-refractivity contribution in [3.8, 4) is 89.8 Å². The lowest BCUT2D eigenvalue weighted by Gasteiger charge is -2.14. The summed E-state index contributed by atoms with van der Waals surface area (Å²) in [6.07, 6.45) is 0. The number of fused-ring (bicyclic) bond motifs is 22. The molecule has 28 aromatic rings. The molecule has 0 saturated heterocycles. The Bertz CT molecular complexity index is 9400. The fraction of sp³-hybridized carbons (Fsp3) is 0. The molecule has 0 radical (unpaired) electrons. The Morgan fingerprint density at radius 2 is 0.373 bits per heavy atom. The topological polar surface area (TPSA) is 29.6 Å². The number of para-hydroxylation sites is 6. The van der Waals surface area contributed by atoms with E-state index in [0.717, 1.165) is 22.7 Å². The third-order valence-electron chi connectivity index (χ3n) is 27.5. The van der Waals surface area contributed by atoms with E-state index in [1.54, 1.807) is 0 Å². The van der Waals surface area contributed by atoms with Crippen LogP contribution in [0.25, 0.3) is 242 Å². The molecule has 0 aliphatic heterocycles. The first-order valence-corrected chi connectivity index (χ1v) is 46.1. The summed E-state index contributed by atoms with van der Waals surface area (Å²) in [5.74, 6) is 0. The average molecular weight is 1710 g/mol. The van der Waals surface area contributed by atoms with Crippen LogP contribution < -0.4 is 0 Å². The van der Waals surface area contributed by atoms with Crippen LogP contribution in [0.15, 0.2) is 510 Å². The number of nitrogens with zero attached hydrogens (tertiary/aromatic N) is 6. The van der Waals surface area contributed by atoms with Gasteiger partial charge in [0.2, 0.25) is 0 Å². The summed E-state index contributed by atoms with van der Waals surface area (Å²) in [5.41, 5.74) is 33.7. The molecule has 22 aromatic carbocycles. The average Bonchev–Trinajstić information content (AvgIpc) is 1.57. The summed E-state index contributed by atoms with van der Waals surface area (Å²) in [7, 11) is 0. The van der Waals surface area contributed by atoms with Gasteiger partial charge in [-0.05, 0) is 217 Å². The molecular formula is C128H84N6. The van der Waals surface area contributed by atoms with Gasteiger partial charge in [-0.1, -0.05) is 370 Å². The predicted molar refractivity (Wildman–Crippen MR) is 568 cm³/mol. The van der Waals surface area contributed by atoms with E-state index >= 15 is 0 Å². The molecule has 0 unspecified atom stereocenters. The van der Waals surface area contributed by atoms with Gasteiger partial charge in [0, 0.05) is 98.8 Å². The Hall–Kier alpha value is -17.8. The lowest BCUT2D eigenvalue weighted by Crippen LogP contribution is -1.96. The molecule has 28 rings (SSSR count). The summed E-state index contributed by atoms with van der Waals surface area (Å²) in [6.45, 7) is 0. The Labute approximate surface area is 773 Å². The first kappa shape index (κ1) is 77.3. The largest absolute Gasteiger partial charge is 0.309 e. The maximum Gasteiger partial charge on any atom is 0.0641 e. The van der Waals surface area contributed by atoms with Gasteiger partial charge in [0.05, 0.1) is 66.2 Å². The second kappa shape index (κ2) is 32.1. The van der Waals surface area contributed by atoms with Crippen LogP contribution in [0.2, 0.25) is 0 Å². The van der Waals surface area contributed by atoms with Crippen molar-refractivity contribution >= 4 is 152 Å². The van der Waals surface area contributed by atoms with Crippen molar-refractivity contribution in [3.05, 3.63) is 510 Å². The Kier molecular flexibility index (Phi) is 18.5.